The van der Waals surface area contributed by atoms with Gasteiger partial charge < -0.3 is 4.74 Å². The molecule has 0 spiro atoms. The Balaban J connectivity index is 2.02. The number of hydrogen-bond donors (Lipinski definition) is 0. The molecule has 0 saturated heterocycles. The lowest BCUT2D eigenvalue weighted by molar-refractivity contribution is 0.0526. The second-order valence-electron chi connectivity index (χ2n) is 6.44. The van der Waals surface area contributed by atoms with Crippen molar-refractivity contribution in [1.82, 2.24) is 4.48 Å². The number of quaternary nitrogens is 1. The molecule has 2 aromatic carbocycles. The zero-order valence-electron chi connectivity index (χ0n) is 15.6. The van der Waals surface area contributed by atoms with Crippen LogP contribution in [0.3, 0.4) is 0 Å². The van der Waals surface area contributed by atoms with Crippen LogP contribution in [0.5, 0.6) is 0 Å². The summed E-state index contributed by atoms with van der Waals surface area (Å²) in [7, 11) is 0. The molecule has 2 aromatic rings. The van der Waals surface area contributed by atoms with E-state index in [-0.39, 0.29) is 5.97 Å². The minimum Gasteiger partial charge on any atom is -0.462 e. The van der Waals surface area contributed by atoms with E-state index in [1.807, 2.05) is 26.0 Å². The molecule has 0 N–H and O–H groups in total. The molecule has 6 heteroatoms. The number of esters is 1. The molecule has 0 bridgehead atoms. The lowest BCUT2D eigenvalue weighted by Crippen LogP contribution is -2.50. The molecule has 1 atom stereocenters. The monoisotopic (exact) mass is 366 g/mol. The molecule has 0 radical (unpaired) electrons. The van der Waals surface area contributed by atoms with Gasteiger partial charge in [0.15, 0.2) is 5.69 Å². The standard InChI is InChI=1S/C21H21FN3O2/c1-4-25(13-17-7-6-15(12-23)10-18(17)22)14(3)24-19-11-16(8-9-20(19)25)21(26)27-5-2/h6-11H,4-5,13H2,1-3H3/q+1. The van der Waals surface area contributed by atoms with Crippen molar-refractivity contribution in [1.29, 1.82) is 5.26 Å². The molecule has 1 aliphatic heterocycles. The van der Waals surface area contributed by atoms with Crippen molar-refractivity contribution in [3.05, 3.63) is 58.9 Å². The van der Waals surface area contributed by atoms with E-state index in [0.29, 0.717) is 46.6 Å². The topological polar surface area (TPSA) is 62.4 Å². The van der Waals surface area contributed by atoms with Crippen molar-refractivity contribution >= 4 is 23.2 Å². The van der Waals surface area contributed by atoms with Crippen molar-refractivity contribution in [2.24, 2.45) is 4.99 Å². The van der Waals surface area contributed by atoms with Crippen LogP contribution in [0, 0.1) is 17.1 Å². The van der Waals surface area contributed by atoms with Gasteiger partial charge >= 0.3 is 5.97 Å². The van der Waals surface area contributed by atoms with E-state index in [9.17, 15) is 9.18 Å². The van der Waals surface area contributed by atoms with E-state index in [2.05, 4.69) is 4.99 Å². The summed E-state index contributed by atoms with van der Waals surface area (Å²) in [6, 6.07) is 11.8. The molecule has 1 unspecified atom stereocenters. The van der Waals surface area contributed by atoms with Crippen LogP contribution in [0.2, 0.25) is 0 Å². The van der Waals surface area contributed by atoms with Gasteiger partial charge in [0.25, 0.3) is 0 Å². The van der Waals surface area contributed by atoms with Gasteiger partial charge in [0, 0.05) is 18.6 Å². The third-order valence-corrected chi connectivity index (χ3v) is 5.01. The Bertz CT molecular complexity index is 978. The lowest BCUT2D eigenvalue weighted by atomic mass is 10.1. The van der Waals surface area contributed by atoms with Gasteiger partial charge in [0.05, 0.1) is 30.3 Å². The van der Waals surface area contributed by atoms with E-state index < -0.39 is 5.82 Å². The van der Waals surface area contributed by atoms with Gasteiger partial charge in [-0.15, -0.1) is 0 Å². The van der Waals surface area contributed by atoms with Crippen molar-refractivity contribution in [3.8, 4) is 6.07 Å². The van der Waals surface area contributed by atoms with Gasteiger partial charge in [-0.1, -0.05) is 0 Å². The number of aliphatic imine (C=N–C) groups is 1. The number of nitrogens with zero attached hydrogens (tertiary/aromatic N) is 3. The van der Waals surface area contributed by atoms with Crippen LogP contribution in [0.25, 0.3) is 0 Å². The lowest BCUT2D eigenvalue weighted by Gasteiger charge is -2.33. The van der Waals surface area contributed by atoms with E-state index in [1.54, 1.807) is 31.2 Å². The summed E-state index contributed by atoms with van der Waals surface area (Å²) in [6.07, 6.45) is 0. The molecule has 1 heterocycles. The molecule has 0 aliphatic carbocycles. The predicted octanol–water partition coefficient (Wildman–Crippen LogP) is 4.46. The summed E-state index contributed by atoms with van der Waals surface area (Å²) in [5.41, 5.74) is 2.90. The molecule has 0 aromatic heterocycles. The summed E-state index contributed by atoms with van der Waals surface area (Å²) in [5, 5.41) is 8.94. The largest absolute Gasteiger partial charge is 0.462 e. The zero-order valence-corrected chi connectivity index (χ0v) is 15.6. The molecule has 0 fully saturated rings. The molecule has 138 valence electrons. The summed E-state index contributed by atoms with van der Waals surface area (Å²) >= 11 is 0. The van der Waals surface area contributed by atoms with Gasteiger partial charge in [-0.3, -0.25) is 0 Å². The Kier molecular flexibility index (Phi) is 5.06. The highest BCUT2D eigenvalue weighted by Crippen LogP contribution is 2.42. The fourth-order valence-electron chi connectivity index (χ4n) is 3.51. The third kappa shape index (κ3) is 3.22. The smallest absolute Gasteiger partial charge is 0.338 e. The van der Waals surface area contributed by atoms with Crippen LogP contribution in [-0.4, -0.2) is 25.0 Å². The van der Waals surface area contributed by atoms with Gasteiger partial charge in [-0.05, 0) is 44.2 Å². The Morgan fingerprint density at radius 2 is 2.04 bits per heavy atom. The molecule has 27 heavy (non-hydrogen) atoms. The van der Waals surface area contributed by atoms with Crippen LogP contribution in [-0.2, 0) is 11.3 Å². The number of ether oxygens (including phenoxy) is 1. The number of carbonyl (C=O) groups is 1. The quantitative estimate of drug-likeness (QED) is 0.579. The zero-order chi connectivity index (χ0) is 19.6. The van der Waals surface area contributed by atoms with E-state index in [0.717, 1.165) is 11.5 Å². The average Bonchev–Trinajstić information content (AvgIpc) is 2.94. The number of nitriles is 1. The fraction of sp³-hybridized carbons (Fsp3) is 0.286. The first kappa shape index (κ1) is 18.7. The first-order valence-electron chi connectivity index (χ1n) is 8.88. The molecule has 5 nitrogen and oxygen atoms in total. The predicted molar refractivity (Wildman–Crippen MR) is 102 cm³/mol. The molecular weight excluding hydrogens is 345 g/mol. The van der Waals surface area contributed by atoms with Crippen LogP contribution in [0.15, 0.2) is 41.4 Å². The normalized spacial score (nSPS) is 17.8. The third-order valence-electron chi connectivity index (χ3n) is 5.01. The number of hydrogen-bond acceptors (Lipinski definition) is 4. The van der Waals surface area contributed by atoms with Gasteiger partial charge in [0.2, 0.25) is 5.84 Å². The Labute approximate surface area is 157 Å². The summed E-state index contributed by atoms with van der Waals surface area (Å²) in [6.45, 7) is 7.07. The summed E-state index contributed by atoms with van der Waals surface area (Å²) in [4.78, 5) is 16.6. The Morgan fingerprint density at radius 3 is 2.67 bits per heavy atom. The van der Waals surface area contributed by atoms with Crippen molar-refractivity contribution in [2.75, 3.05) is 13.2 Å². The fourth-order valence-corrected chi connectivity index (χ4v) is 3.51. The first-order chi connectivity index (χ1) is 12.9. The van der Waals surface area contributed by atoms with Gasteiger partial charge in [-0.2, -0.15) is 10.3 Å². The second kappa shape index (κ2) is 7.29. The first-order valence-corrected chi connectivity index (χ1v) is 8.88. The Morgan fingerprint density at radius 1 is 1.26 bits per heavy atom. The maximum absolute atomic E-state index is 14.5. The SMILES string of the molecule is CCOC(=O)c1ccc2c(c1)N=C(C)[N+]2(CC)Cc1ccc(C#N)cc1F. The number of benzene rings is 2. The highest BCUT2D eigenvalue weighted by atomic mass is 19.1. The van der Waals surface area contributed by atoms with Gasteiger partial charge in [0.1, 0.15) is 18.0 Å². The highest BCUT2D eigenvalue weighted by Gasteiger charge is 2.41. The minimum atomic E-state index is -0.399. The Hall–Kier alpha value is -3.04. The number of fused-ring (bicyclic) bond motifs is 1. The molecule has 3 rings (SSSR count). The number of carbonyl (C=O) groups excluding carboxylic acids is 1. The van der Waals surface area contributed by atoms with E-state index in [1.165, 1.54) is 6.07 Å². The number of halogens is 1. The summed E-state index contributed by atoms with van der Waals surface area (Å²) < 4.78 is 19.9. The van der Waals surface area contributed by atoms with Crippen LogP contribution < -0.4 is 4.48 Å². The molecular formula is C21H21FN3O2+. The van der Waals surface area contributed by atoms with Crippen molar-refractivity contribution in [3.63, 3.8) is 0 Å². The maximum atomic E-state index is 14.5. The van der Waals surface area contributed by atoms with Crippen molar-refractivity contribution < 1.29 is 13.9 Å². The number of amidine groups is 1. The van der Waals surface area contributed by atoms with Gasteiger partial charge in [-0.25, -0.2) is 13.7 Å². The van der Waals surface area contributed by atoms with E-state index in [4.69, 9.17) is 10.00 Å². The molecule has 0 amide bonds. The molecule has 1 aliphatic rings. The van der Waals surface area contributed by atoms with E-state index >= 15 is 0 Å². The highest BCUT2D eigenvalue weighted by molar-refractivity contribution is 6.02. The maximum Gasteiger partial charge on any atom is 0.338 e. The second-order valence-corrected chi connectivity index (χ2v) is 6.44. The van der Waals surface area contributed by atoms with Crippen LogP contribution >= 0.6 is 0 Å². The van der Waals surface area contributed by atoms with Crippen LogP contribution in [0.4, 0.5) is 15.8 Å². The summed E-state index contributed by atoms with van der Waals surface area (Å²) in [5.74, 6) is 0.0504. The van der Waals surface area contributed by atoms with Crippen LogP contribution in [0.1, 0.15) is 42.3 Å². The molecule has 0 saturated carbocycles. The average molecular weight is 366 g/mol. The van der Waals surface area contributed by atoms with Crippen molar-refractivity contribution in [2.45, 2.75) is 27.3 Å². The number of rotatable bonds is 5. The minimum absolute atomic E-state index is 0.297.